The van der Waals surface area contributed by atoms with Crippen molar-refractivity contribution in [1.82, 2.24) is 0 Å². The van der Waals surface area contributed by atoms with Crippen LogP contribution in [0.5, 0.6) is 0 Å². The van der Waals surface area contributed by atoms with Crippen molar-refractivity contribution in [2.75, 3.05) is 6.61 Å². The van der Waals surface area contributed by atoms with Crippen LogP contribution in [0.2, 0.25) is 0 Å². The van der Waals surface area contributed by atoms with E-state index < -0.39 is 30.6 Å². The minimum absolute atomic E-state index is 0.170. The number of rotatable bonds is 1. The third kappa shape index (κ3) is 2.38. The zero-order valence-corrected chi connectivity index (χ0v) is 7.08. The van der Waals surface area contributed by atoms with Gasteiger partial charge in [0.1, 0.15) is 18.3 Å². The second-order valence-electron chi connectivity index (χ2n) is 2.86. The van der Waals surface area contributed by atoms with E-state index in [4.69, 9.17) is 14.9 Å². The first kappa shape index (κ1) is 10.4. The van der Waals surface area contributed by atoms with E-state index in [9.17, 15) is 9.90 Å². The van der Waals surface area contributed by atoms with Crippen LogP contribution in [0.25, 0.3) is 0 Å². The standard InChI is InChI=1S/C7H12O6/c1-3(8)13-7-6(11)5(10)4(9)2-12-7/h4-7,9-11H,2H2,1H3/t4-,5+,6-,7-/m1/s1. The average Bonchev–Trinajstić information content (AvgIpc) is 2.06. The van der Waals surface area contributed by atoms with Crippen LogP contribution in [0.1, 0.15) is 6.92 Å². The first-order chi connectivity index (χ1) is 6.02. The number of aliphatic hydroxyl groups excluding tert-OH is 3. The maximum Gasteiger partial charge on any atom is 0.305 e. The molecule has 1 fully saturated rings. The van der Waals surface area contributed by atoms with Crippen molar-refractivity contribution in [3.8, 4) is 0 Å². The molecule has 1 aliphatic heterocycles. The first-order valence-corrected chi connectivity index (χ1v) is 3.85. The van der Waals surface area contributed by atoms with Crippen LogP contribution in [0, 0.1) is 0 Å². The van der Waals surface area contributed by atoms with Gasteiger partial charge < -0.3 is 24.8 Å². The monoisotopic (exact) mass is 192 g/mol. The number of carbonyl (C=O) groups is 1. The molecule has 1 heterocycles. The lowest BCUT2D eigenvalue weighted by molar-refractivity contribution is -0.261. The Labute approximate surface area is 74.7 Å². The molecular formula is C7H12O6. The van der Waals surface area contributed by atoms with E-state index in [0.29, 0.717) is 0 Å². The largest absolute Gasteiger partial charge is 0.433 e. The molecule has 1 rings (SSSR count). The van der Waals surface area contributed by atoms with Gasteiger partial charge in [-0.15, -0.1) is 0 Å². The van der Waals surface area contributed by atoms with E-state index in [1.54, 1.807) is 0 Å². The van der Waals surface area contributed by atoms with Gasteiger partial charge in [0.2, 0.25) is 6.29 Å². The molecule has 0 bridgehead atoms. The predicted octanol–water partition coefficient (Wildman–Crippen LogP) is -2.01. The minimum atomic E-state index is -1.41. The number of ether oxygens (including phenoxy) is 2. The maximum absolute atomic E-state index is 10.5. The fourth-order valence-electron chi connectivity index (χ4n) is 1.05. The van der Waals surface area contributed by atoms with Crippen LogP contribution in [0.3, 0.4) is 0 Å². The molecule has 0 aromatic heterocycles. The molecule has 6 heteroatoms. The minimum Gasteiger partial charge on any atom is -0.433 e. The lowest BCUT2D eigenvalue weighted by Crippen LogP contribution is -2.54. The van der Waals surface area contributed by atoms with Gasteiger partial charge in [-0.25, -0.2) is 0 Å². The summed E-state index contributed by atoms with van der Waals surface area (Å²) in [5, 5.41) is 27.4. The van der Waals surface area contributed by atoms with Crippen LogP contribution in [0.4, 0.5) is 0 Å². The Kier molecular flexibility index (Phi) is 3.21. The maximum atomic E-state index is 10.5. The molecule has 0 aliphatic carbocycles. The van der Waals surface area contributed by atoms with Gasteiger partial charge in [-0.1, -0.05) is 0 Å². The highest BCUT2D eigenvalue weighted by Crippen LogP contribution is 2.16. The Balaban J connectivity index is 2.53. The molecule has 0 unspecified atom stereocenters. The molecule has 13 heavy (non-hydrogen) atoms. The quantitative estimate of drug-likeness (QED) is 0.415. The Morgan fingerprint density at radius 2 is 2.00 bits per heavy atom. The Morgan fingerprint density at radius 1 is 1.38 bits per heavy atom. The average molecular weight is 192 g/mol. The molecule has 0 aromatic carbocycles. The van der Waals surface area contributed by atoms with Crippen molar-refractivity contribution in [2.45, 2.75) is 31.5 Å². The lowest BCUT2D eigenvalue weighted by atomic mass is 10.1. The molecule has 6 nitrogen and oxygen atoms in total. The van der Waals surface area contributed by atoms with Crippen LogP contribution in [-0.4, -0.2) is 52.5 Å². The van der Waals surface area contributed by atoms with Gasteiger partial charge in [0.25, 0.3) is 0 Å². The smallest absolute Gasteiger partial charge is 0.305 e. The van der Waals surface area contributed by atoms with Gasteiger partial charge in [-0.05, 0) is 0 Å². The molecule has 4 atom stereocenters. The summed E-state index contributed by atoms with van der Waals surface area (Å²) in [6.45, 7) is 0.990. The zero-order chi connectivity index (χ0) is 10.0. The van der Waals surface area contributed by atoms with Crippen LogP contribution >= 0.6 is 0 Å². The normalized spacial score (nSPS) is 40.0. The fourth-order valence-corrected chi connectivity index (χ4v) is 1.05. The van der Waals surface area contributed by atoms with Gasteiger partial charge in [-0.3, -0.25) is 4.79 Å². The van der Waals surface area contributed by atoms with Crippen LogP contribution in [-0.2, 0) is 14.3 Å². The predicted molar refractivity (Wildman–Crippen MR) is 39.5 cm³/mol. The number of hydrogen-bond acceptors (Lipinski definition) is 6. The molecule has 3 N–H and O–H groups in total. The van der Waals surface area contributed by atoms with E-state index in [0.717, 1.165) is 6.92 Å². The number of aliphatic hydroxyl groups is 3. The Bertz CT molecular complexity index is 193. The van der Waals surface area contributed by atoms with E-state index >= 15 is 0 Å². The number of esters is 1. The summed E-state index contributed by atoms with van der Waals surface area (Å²) in [5.41, 5.74) is 0. The summed E-state index contributed by atoms with van der Waals surface area (Å²) in [5.74, 6) is -0.618. The summed E-state index contributed by atoms with van der Waals surface area (Å²) in [6, 6.07) is 0. The zero-order valence-electron chi connectivity index (χ0n) is 7.08. The molecule has 1 saturated heterocycles. The highest BCUT2D eigenvalue weighted by Gasteiger charge is 2.39. The van der Waals surface area contributed by atoms with Gasteiger partial charge >= 0.3 is 5.97 Å². The number of carbonyl (C=O) groups excluding carboxylic acids is 1. The molecule has 0 radical (unpaired) electrons. The van der Waals surface area contributed by atoms with E-state index in [2.05, 4.69) is 4.74 Å². The van der Waals surface area contributed by atoms with Crippen molar-refractivity contribution >= 4 is 5.97 Å². The van der Waals surface area contributed by atoms with Gasteiger partial charge in [0, 0.05) is 6.92 Å². The Morgan fingerprint density at radius 3 is 2.54 bits per heavy atom. The second kappa shape index (κ2) is 4.01. The fraction of sp³-hybridized carbons (Fsp3) is 0.857. The topological polar surface area (TPSA) is 96.2 Å². The number of hydrogen-bond donors (Lipinski definition) is 3. The molecule has 0 saturated carbocycles. The summed E-state index contributed by atoms with van der Waals surface area (Å²) in [6.07, 6.45) is -5.11. The van der Waals surface area contributed by atoms with Gasteiger partial charge in [0.15, 0.2) is 0 Å². The van der Waals surface area contributed by atoms with Crippen molar-refractivity contribution in [3.05, 3.63) is 0 Å². The summed E-state index contributed by atoms with van der Waals surface area (Å²) in [4.78, 5) is 10.5. The van der Waals surface area contributed by atoms with Crippen molar-refractivity contribution < 1.29 is 29.6 Å². The lowest BCUT2D eigenvalue weighted by Gasteiger charge is -2.34. The van der Waals surface area contributed by atoms with Crippen LogP contribution < -0.4 is 0 Å². The summed E-state index contributed by atoms with van der Waals surface area (Å²) >= 11 is 0. The first-order valence-electron chi connectivity index (χ1n) is 3.85. The van der Waals surface area contributed by atoms with E-state index in [1.165, 1.54) is 0 Å². The SMILES string of the molecule is CC(=O)O[C@H]1OC[C@@H](O)[C@H](O)[C@H]1O. The summed E-state index contributed by atoms with van der Waals surface area (Å²) in [7, 11) is 0. The molecular weight excluding hydrogens is 180 g/mol. The Hall–Kier alpha value is -0.690. The highest BCUT2D eigenvalue weighted by atomic mass is 16.7. The molecule has 0 amide bonds. The van der Waals surface area contributed by atoms with Gasteiger partial charge in [-0.2, -0.15) is 0 Å². The highest BCUT2D eigenvalue weighted by molar-refractivity contribution is 5.66. The van der Waals surface area contributed by atoms with Crippen molar-refractivity contribution in [3.63, 3.8) is 0 Å². The third-order valence-electron chi connectivity index (χ3n) is 1.74. The van der Waals surface area contributed by atoms with Crippen molar-refractivity contribution in [1.29, 1.82) is 0 Å². The molecule has 0 aromatic rings. The third-order valence-corrected chi connectivity index (χ3v) is 1.74. The summed E-state index contributed by atoms with van der Waals surface area (Å²) < 4.78 is 9.32. The van der Waals surface area contributed by atoms with Crippen LogP contribution in [0.15, 0.2) is 0 Å². The van der Waals surface area contributed by atoms with Crippen molar-refractivity contribution in [2.24, 2.45) is 0 Å². The second-order valence-corrected chi connectivity index (χ2v) is 2.86. The van der Waals surface area contributed by atoms with E-state index in [-0.39, 0.29) is 6.61 Å². The molecule has 1 aliphatic rings. The molecule has 76 valence electrons. The van der Waals surface area contributed by atoms with Gasteiger partial charge in [0.05, 0.1) is 6.61 Å². The molecule has 0 spiro atoms. The van der Waals surface area contributed by atoms with E-state index in [1.807, 2.05) is 0 Å².